The molecule has 2 aromatic carbocycles. The number of carbonyl (C=O) groups is 2. The molecule has 152 valence electrons. The highest BCUT2D eigenvalue weighted by atomic mass is 32.1. The molecule has 0 bridgehead atoms. The number of anilines is 2. The summed E-state index contributed by atoms with van der Waals surface area (Å²) >= 11 is 1.38. The number of carbonyl (C=O) groups excluding carboxylic acids is 2. The maximum absolute atomic E-state index is 12.6. The van der Waals surface area contributed by atoms with E-state index in [0.717, 1.165) is 31.4 Å². The van der Waals surface area contributed by atoms with E-state index in [1.165, 1.54) is 11.3 Å². The summed E-state index contributed by atoms with van der Waals surface area (Å²) in [5.74, 6) is 0.471. The number of rotatable bonds is 4. The summed E-state index contributed by atoms with van der Waals surface area (Å²) in [4.78, 5) is 25.4. The monoisotopic (exact) mass is 420 g/mol. The third-order valence-corrected chi connectivity index (χ3v) is 6.18. The Hall–Kier alpha value is -3.32. The van der Waals surface area contributed by atoms with Crippen LogP contribution < -0.4 is 20.1 Å². The molecule has 5 rings (SSSR count). The molecule has 1 aliphatic heterocycles. The van der Waals surface area contributed by atoms with Crippen LogP contribution in [-0.2, 0) is 0 Å². The summed E-state index contributed by atoms with van der Waals surface area (Å²) in [5.41, 5.74) is 1.77. The van der Waals surface area contributed by atoms with E-state index in [4.69, 9.17) is 9.47 Å². The fraction of sp³-hybridized carbons (Fsp3) is 0.217. The van der Waals surface area contributed by atoms with Gasteiger partial charge in [0.1, 0.15) is 0 Å². The predicted molar refractivity (Wildman–Crippen MR) is 116 cm³/mol. The molecule has 0 atom stereocenters. The Balaban J connectivity index is 1.23. The van der Waals surface area contributed by atoms with Gasteiger partial charge >= 0.3 is 0 Å². The Morgan fingerprint density at radius 3 is 2.27 bits per heavy atom. The van der Waals surface area contributed by atoms with Crippen LogP contribution in [0.3, 0.4) is 0 Å². The molecule has 6 nitrogen and oxygen atoms in total. The molecule has 2 heterocycles. The Morgan fingerprint density at radius 2 is 1.53 bits per heavy atom. The quantitative estimate of drug-likeness (QED) is 0.601. The van der Waals surface area contributed by atoms with Gasteiger partial charge < -0.3 is 20.1 Å². The first-order valence-corrected chi connectivity index (χ1v) is 10.8. The van der Waals surface area contributed by atoms with Crippen LogP contribution in [0.5, 0.6) is 11.5 Å². The van der Waals surface area contributed by atoms with Crippen molar-refractivity contribution < 1.29 is 19.1 Å². The lowest BCUT2D eigenvalue weighted by Crippen LogP contribution is -2.34. The Morgan fingerprint density at radius 1 is 0.833 bits per heavy atom. The molecular weight excluding hydrogens is 400 g/mol. The molecular formula is C23H20N2O4S. The van der Waals surface area contributed by atoms with E-state index in [-0.39, 0.29) is 11.8 Å². The van der Waals surface area contributed by atoms with Crippen LogP contribution in [-0.4, -0.2) is 17.6 Å². The van der Waals surface area contributed by atoms with E-state index in [0.29, 0.717) is 27.6 Å². The molecule has 0 saturated heterocycles. The molecule has 1 spiro atoms. The van der Waals surface area contributed by atoms with E-state index in [1.807, 2.05) is 23.6 Å². The number of fused-ring (bicyclic) bond motifs is 1. The predicted octanol–water partition coefficient (Wildman–Crippen LogP) is 5.29. The summed E-state index contributed by atoms with van der Waals surface area (Å²) in [6.45, 7) is 0. The van der Waals surface area contributed by atoms with Crippen LogP contribution in [0.1, 0.15) is 45.7 Å². The van der Waals surface area contributed by atoms with E-state index < -0.39 is 5.79 Å². The number of benzene rings is 2. The van der Waals surface area contributed by atoms with Crippen molar-refractivity contribution in [3.05, 3.63) is 70.4 Å². The largest absolute Gasteiger partial charge is 0.448 e. The van der Waals surface area contributed by atoms with E-state index >= 15 is 0 Å². The van der Waals surface area contributed by atoms with Crippen molar-refractivity contribution in [3.8, 4) is 11.5 Å². The SMILES string of the molecule is O=C(Nc1ccc2c(c1)OC1(CCCC1)O2)c1ccc(NC(=O)c2cccs2)cc1. The van der Waals surface area contributed by atoms with Crippen molar-refractivity contribution in [2.24, 2.45) is 0 Å². The van der Waals surface area contributed by atoms with Crippen LogP contribution in [0.25, 0.3) is 0 Å². The van der Waals surface area contributed by atoms with Crippen molar-refractivity contribution in [1.82, 2.24) is 0 Å². The van der Waals surface area contributed by atoms with Crippen molar-refractivity contribution in [2.45, 2.75) is 31.5 Å². The summed E-state index contributed by atoms with van der Waals surface area (Å²) in [6, 6.07) is 15.8. The molecule has 1 aromatic heterocycles. The zero-order chi connectivity index (χ0) is 20.6. The highest BCUT2D eigenvalue weighted by Gasteiger charge is 2.44. The van der Waals surface area contributed by atoms with Crippen LogP contribution in [0.15, 0.2) is 60.0 Å². The first-order valence-electron chi connectivity index (χ1n) is 9.89. The molecule has 2 amide bonds. The molecule has 30 heavy (non-hydrogen) atoms. The van der Waals surface area contributed by atoms with Gasteiger partial charge in [0.15, 0.2) is 11.5 Å². The Labute approximate surface area is 177 Å². The topological polar surface area (TPSA) is 76.7 Å². The lowest BCUT2D eigenvalue weighted by Gasteiger charge is -2.21. The molecule has 1 saturated carbocycles. The van der Waals surface area contributed by atoms with Crippen molar-refractivity contribution in [3.63, 3.8) is 0 Å². The zero-order valence-corrected chi connectivity index (χ0v) is 17.0. The molecule has 1 aliphatic carbocycles. The third-order valence-electron chi connectivity index (χ3n) is 5.31. The van der Waals surface area contributed by atoms with Gasteiger partial charge in [-0.3, -0.25) is 9.59 Å². The minimum Gasteiger partial charge on any atom is -0.448 e. The van der Waals surface area contributed by atoms with Gasteiger partial charge in [-0.15, -0.1) is 11.3 Å². The zero-order valence-electron chi connectivity index (χ0n) is 16.1. The third kappa shape index (κ3) is 3.64. The normalized spacial score (nSPS) is 15.9. The fourth-order valence-electron chi connectivity index (χ4n) is 3.80. The number of amides is 2. The maximum atomic E-state index is 12.6. The van der Waals surface area contributed by atoms with Gasteiger partial charge in [0, 0.05) is 35.8 Å². The summed E-state index contributed by atoms with van der Waals surface area (Å²) in [5, 5.41) is 7.56. The summed E-state index contributed by atoms with van der Waals surface area (Å²) in [7, 11) is 0. The van der Waals surface area contributed by atoms with Crippen molar-refractivity contribution >= 4 is 34.5 Å². The summed E-state index contributed by atoms with van der Waals surface area (Å²) < 4.78 is 12.1. The van der Waals surface area contributed by atoms with E-state index in [2.05, 4.69) is 10.6 Å². The minimum absolute atomic E-state index is 0.164. The minimum atomic E-state index is -0.520. The standard InChI is InChI=1S/C23H20N2O4S/c26-21(15-5-7-16(8-6-15)24-22(27)20-4-3-13-30-20)25-17-9-10-18-19(14-17)29-23(28-18)11-1-2-12-23/h3-10,13-14H,1-2,11-12H2,(H,24,27)(H,25,26). The molecule has 0 radical (unpaired) electrons. The molecule has 2 N–H and O–H groups in total. The van der Waals surface area contributed by atoms with Gasteiger partial charge in [0.25, 0.3) is 17.6 Å². The van der Waals surface area contributed by atoms with Crippen LogP contribution >= 0.6 is 11.3 Å². The lowest BCUT2D eigenvalue weighted by atomic mass is 10.2. The molecule has 2 aliphatic rings. The van der Waals surface area contributed by atoms with Crippen LogP contribution in [0, 0.1) is 0 Å². The number of nitrogens with one attached hydrogen (secondary N) is 2. The fourth-order valence-corrected chi connectivity index (χ4v) is 4.42. The van der Waals surface area contributed by atoms with Gasteiger partial charge in [0.2, 0.25) is 0 Å². The second-order valence-electron chi connectivity index (χ2n) is 7.45. The average Bonchev–Trinajstić information content (AvgIpc) is 3.49. The van der Waals surface area contributed by atoms with Gasteiger partial charge in [-0.2, -0.15) is 0 Å². The first kappa shape index (κ1) is 18.7. The molecule has 1 fully saturated rings. The first-order chi connectivity index (χ1) is 14.6. The Kier molecular flexibility index (Phi) is 4.67. The van der Waals surface area contributed by atoms with Gasteiger partial charge in [0.05, 0.1) is 4.88 Å². The average molecular weight is 420 g/mol. The lowest BCUT2D eigenvalue weighted by molar-refractivity contribution is -0.0716. The van der Waals surface area contributed by atoms with Gasteiger partial charge in [-0.25, -0.2) is 0 Å². The van der Waals surface area contributed by atoms with Gasteiger partial charge in [-0.05, 0) is 60.7 Å². The maximum Gasteiger partial charge on any atom is 0.265 e. The number of hydrogen-bond donors (Lipinski definition) is 2. The second kappa shape index (κ2) is 7.50. The van der Waals surface area contributed by atoms with Crippen LogP contribution in [0.4, 0.5) is 11.4 Å². The number of ether oxygens (including phenoxy) is 2. The smallest absolute Gasteiger partial charge is 0.265 e. The highest BCUT2D eigenvalue weighted by Crippen LogP contribution is 2.47. The number of hydrogen-bond acceptors (Lipinski definition) is 5. The van der Waals surface area contributed by atoms with E-state index in [9.17, 15) is 9.59 Å². The molecule has 7 heteroatoms. The summed E-state index contributed by atoms with van der Waals surface area (Å²) in [6.07, 6.45) is 3.97. The van der Waals surface area contributed by atoms with Crippen molar-refractivity contribution in [2.75, 3.05) is 10.6 Å². The van der Waals surface area contributed by atoms with E-state index in [1.54, 1.807) is 36.4 Å². The van der Waals surface area contributed by atoms with Crippen LogP contribution in [0.2, 0.25) is 0 Å². The molecule has 3 aromatic rings. The molecule has 0 unspecified atom stereocenters. The van der Waals surface area contributed by atoms with Crippen molar-refractivity contribution in [1.29, 1.82) is 0 Å². The van der Waals surface area contributed by atoms with Gasteiger partial charge in [-0.1, -0.05) is 6.07 Å². The Bertz CT molecular complexity index is 1090. The second-order valence-corrected chi connectivity index (χ2v) is 8.39. The highest BCUT2D eigenvalue weighted by molar-refractivity contribution is 7.12. The number of thiophene rings is 1.